The van der Waals surface area contributed by atoms with Crippen LogP contribution in [0.25, 0.3) is 0 Å². The molecule has 2 rings (SSSR count). The molecule has 0 saturated carbocycles. The Kier molecular flexibility index (Phi) is 9.28. The summed E-state index contributed by atoms with van der Waals surface area (Å²) < 4.78 is 31.6. The number of hydrogen-bond donors (Lipinski definition) is 1. The third-order valence-electron chi connectivity index (χ3n) is 5.35. The second-order valence-corrected chi connectivity index (χ2v) is 9.59. The molecule has 2 amide bonds. The van der Waals surface area contributed by atoms with Gasteiger partial charge in [-0.2, -0.15) is 0 Å². The smallest absolute Gasteiger partial charge is 0.244 e. The molecule has 180 valence electrons. The lowest BCUT2D eigenvalue weighted by Crippen LogP contribution is -2.51. The molecule has 0 aliphatic rings. The van der Waals surface area contributed by atoms with Gasteiger partial charge in [0, 0.05) is 13.6 Å². The maximum atomic E-state index is 13.5. The van der Waals surface area contributed by atoms with Gasteiger partial charge in [0.1, 0.15) is 18.3 Å². The number of ether oxygens (including phenoxy) is 1. The van der Waals surface area contributed by atoms with Gasteiger partial charge in [0.25, 0.3) is 0 Å². The van der Waals surface area contributed by atoms with Crippen LogP contribution in [-0.2, 0) is 26.2 Å². The quantitative estimate of drug-likeness (QED) is 0.539. The van der Waals surface area contributed by atoms with E-state index in [1.54, 1.807) is 24.3 Å². The standard InChI is InChI=1S/C24H33N3O5S/c1-6-22(24(29)25-4)26(16-19-11-9-8-10-18(19)3)23(28)17-27(33(5,30)31)20-12-14-21(15-13-20)32-7-2/h8-15,22H,6-7,16-17H2,1-5H3,(H,25,29)/t22-/m0/s1. The number of nitrogens with zero attached hydrogens (tertiary/aromatic N) is 2. The van der Waals surface area contributed by atoms with E-state index in [1.165, 1.54) is 11.9 Å². The number of hydrogen-bond acceptors (Lipinski definition) is 5. The highest BCUT2D eigenvalue weighted by atomic mass is 32.2. The topological polar surface area (TPSA) is 96.0 Å². The van der Waals surface area contributed by atoms with E-state index in [0.29, 0.717) is 24.5 Å². The van der Waals surface area contributed by atoms with Crippen molar-refractivity contribution in [3.05, 3.63) is 59.7 Å². The Morgan fingerprint density at radius 3 is 2.21 bits per heavy atom. The van der Waals surface area contributed by atoms with Gasteiger partial charge in [0.05, 0.1) is 18.6 Å². The SMILES string of the molecule is CCOc1ccc(N(CC(=O)N(Cc2ccccc2C)[C@@H](CC)C(=O)NC)S(C)(=O)=O)cc1. The van der Waals surface area contributed by atoms with Crippen LogP contribution in [0.15, 0.2) is 48.5 Å². The Balaban J connectivity index is 2.41. The molecule has 0 bridgehead atoms. The number of sulfonamides is 1. The number of benzene rings is 2. The lowest BCUT2D eigenvalue weighted by Gasteiger charge is -2.33. The zero-order chi connectivity index (χ0) is 24.6. The molecule has 9 heteroatoms. The first-order valence-corrected chi connectivity index (χ1v) is 12.7. The van der Waals surface area contributed by atoms with E-state index in [0.717, 1.165) is 21.7 Å². The molecule has 1 N–H and O–H groups in total. The van der Waals surface area contributed by atoms with Crippen molar-refractivity contribution < 1.29 is 22.7 Å². The third kappa shape index (κ3) is 6.95. The molecule has 2 aromatic carbocycles. The molecule has 0 aromatic heterocycles. The molecule has 2 aromatic rings. The lowest BCUT2D eigenvalue weighted by atomic mass is 10.1. The predicted molar refractivity (Wildman–Crippen MR) is 130 cm³/mol. The van der Waals surface area contributed by atoms with E-state index in [4.69, 9.17) is 4.74 Å². The second-order valence-electron chi connectivity index (χ2n) is 7.68. The van der Waals surface area contributed by atoms with Gasteiger partial charge in [-0.15, -0.1) is 0 Å². The molecule has 1 atom stereocenters. The van der Waals surface area contributed by atoms with Crippen LogP contribution in [0, 0.1) is 6.92 Å². The minimum atomic E-state index is -3.77. The maximum absolute atomic E-state index is 13.5. The molecule has 0 radical (unpaired) electrons. The zero-order valence-electron chi connectivity index (χ0n) is 19.9. The summed E-state index contributed by atoms with van der Waals surface area (Å²) in [5, 5.41) is 2.61. The summed E-state index contributed by atoms with van der Waals surface area (Å²) in [5.41, 5.74) is 2.21. The monoisotopic (exact) mass is 475 g/mol. The first kappa shape index (κ1) is 26.2. The first-order chi connectivity index (χ1) is 15.6. The van der Waals surface area contributed by atoms with Crippen LogP contribution in [-0.4, -0.2) is 57.6 Å². The second kappa shape index (κ2) is 11.7. The van der Waals surface area contributed by atoms with Gasteiger partial charge in [-0.25, -0.2) is 8.42 Å². The number of aryl methyl sites for hydroxylation is 1. The van der Waals surface area contributed by atoms with E-state index in [2.05, 4.69) is 5.32 Å². The van der Waals surface area contributed by atoms with Gasteiger partial charge in [-0.1, -0.05) is 31.2 Å². The Morgan fingerprint density at radius 1 is 1.06 bits per heavy atom. The summed E-state index contributed by atoms with van der Waals surface area (Å²) in [7, 11) is -2.25. The molecule has 33 heavy (non-hydrogen) atoms. The van der Waals surface area contributed by atoms with Crippen LogP contribution in [0.3, 0.4) is 0 Å². The number of nitrogens with one attached hydrogen (secondary N) is 1. The van der Waals surface area contributed by atoms with Crippen LogP contribution >= 0.6 is 0 Å². The Bertz CT molecular complexity index is 1050. The van der Waals surface area contributed by atoms with Gasteiger partial charge in [-0.05, 0) is 55.7 Å². The Morgan fingerprint density at radius 2 is 1.70 bits per heavy atom. The Labute approximate surface area is 196 Å². The molecule has 0 spiro atoms. The van der Waals surface area contributed by atoms with E-state index in [1.807, 2.05) is 45.0 Å². The average molecular weight is 476 g/mol. The molecule has 0 fully saturated rings. The highest BCUT2D eigenvalue weighted by Gasteiger charge is 2.31. The molecule has 8 nitrogen and oxygen atoms in total. The fourth-order valence-corrected chi connectivity index (χ4v) is 4.40. The summed E-state index contributed by atoms with van der Waals surface area (Å²) in [6, 6.07) is 13.4. The van der Waals surface area contributed by atoms with Crippen molar-refractivity contribution in [2.45, 2.75) is 39.8 Å². The zero-order valence-corrected chi connectivity index (χ0v) is 20.7. The molecule has 0 aliphatic carbocycles. The van der Waals surface area contributed by atoms with Gasteiger partial charge in [0.2, 0.25) is 21.8 Å². The van der Waals surface area contributed by atoms with E-state index in [9.17, 15) is 18.0 Å². The molecule has 0 unspecified atom stereocenters. The van der Waals surface area contributed by atoms with Crippen molar-refractivity contribution in [1.82, 2.24) is 10.2 Å². The van der Waals surface area contributed by atoms with Gasteiger partial charge in [0.15, 0.2) is 0 Å². The molecule has 0 aliphatic heterocycles. The molecular formula is C24H33N3O5S. The van der Waals surface area contributed by atoms with Crippen LogP contribution in [0.5, 0.6) is 5.75 Å². The predicted octanol–water partition coefficient (Wildman–Crippen LogP) is 2.71. The van der Waals surface area contributed by atoms with Crippen molar-refractivity contribution in [1.29, 1.82) is 0 Å². The average Bonchev–Trinajstić information content (AvgIpc) is 2.78. The van der Waals surface area contributed by atoms with Gasteiger partial charge < -0.3 is 15.0 Å². The number of likely N-dealkylation sites (N-methyl/N-ethyl adjacent to an activating group) is 1. The molecule has 0 heterocycles. The number of rotatable bonds is 11. The van der Waals surface area contributed by atoms with Crippen molar-refractivity contribution in [2.75, 3.05) is 30.8 Å². The third-order valence-corrected chi connectivity index (χ3v) is 6.49. The van der Waals surface area contributed by atoms with Crippen LogP contribution in [0.1, 0.15) is 31.4 Å². The Hall–Kier alpha value is -3.07. The summed E-state index contributed by atoms with van der Waals surface area (Å²) in [6.45, 7) is 5.86. The largest absolute Gasteiger partial charge is 0.494 e. The van der Waals surface area contributed by atoms with Crippen molar-refractivity contribution in [3.8, 4) is 5.75 Å². The summed E-state index contributed by atoms with van der Waals surface area (Å²) in [5.74, 6) is -0.160. The summed E-state index contributed by atoms with van der Waals surface area (Å²) >= 11 is 0. The summed E-state index contributed by atoms with van der Waals surface area (Å²) in [4.78, 5) is 27.5. The lowest BCUT2D eigenvalue weighted by molar-refractivity contribution is -0.140. The maximum Gasteiger partial charge on any atom is 0.244 e. The van der Waals surface area contributed by atoms with E-state index < -0.39 is 28.5 Å². The minimum Gasteiger partial charge on any atom is -0.494 e. The fraction of sp³-hybridized carbons (Fsp3) is 0.417. The number of amides is 2. The summed E-state index contributed by atoms with van der Waals surface area (Å²) in [6.07, 6.45) is 1.44. The molecule has 0 saturated heterocycles. The fourth-order valence-electron chi connectivity index (χ4n) is 3.55. The van der Waals surface area contributed by atoms with E-state index >= 15 is 0 Å². The van der Waals surface area contributed by atoms with Crippen LogP contribution in [0.2, 0.25) is 0 Å². The van der Waals surface area contributed by atoms with Crippen molar-refractivity contribution in [3.63, 3.8) is 0 Å². The minimum absolute atomic E-state index is 0.193. The molecular weight excluding hydrogens is 442 g/mol. The van der Waals surface area contributed by atoms with E-state index in [-0.39, 0.29) is 12.5 Å². The number of carbonyl (C=O) groups excluding carboxylic acids is 2. The van der Waals surface area contributed by atoms with Gasteiger partial charge in [-0.3, -0.25) is 13.9 Å². The first-order valence-electron chi connectivity index (χ1n) is 10.9. The van der Waals surface area contributed by atoms with Crippen molar-refractivity contribution in [2.24, 2.45) is 0 Å². The number of carbonyl (C=O) groups is 2. The highest BCUT2D eigenvalue weighted by Crippen LogP contribution is 2.23. The highest BCUT2D eigenvalue weighted by molar-refractivity contribution is 7.92. The number of anilines is 1. The van der Waals surface area contributed by atoms with Crippen LogP contribution in [0.4, 0.5) is 5.69 Å². The van der Waals surface area contributed by atoms with Crippen molar-refractivity contribution >= 4 is 27.5 Å². The van der Waals surface area contributed by atoms with Gasteiger partial charge >= 0.3 is 0 Å². The van der Waals surface area contributed by atoms with Crippen LogP contribution < -0.4 is 14.4 Å². The normalized spacial score (nSPS) is 12.0.